The fourth-order valence-corrected chi connectivity index (χ4v) is 4.87. The summed E-state index contributed by atoms with van der Waals surface area (Å²) in [6.45, 7) is 9.62. The first-order valence-corrected chi connectivity index (χ1v) is 11.7. The Labute approximate surface area is 183 Å². The Bertz CT molecular complexity index is 1100. The zero-order valence-corrected chi connectivity index (χ0v) is 19.3. The molecule has 1 aliphatic heterocycles. The van der Waals surface area contributed by atoms with Gasteiger partial charge in [-0.3, -0.25) is 9.59 Å². The van der Waals surface area contributed by atoms with E-state index in [2.05, 4.69) is 10.0 Å². The van der Waals surface area contributed by atoms with Gasteiger partial charge in [0.2, 0.25) is 21.8 Å². The molecule has 0 aliphatic carbocycles. The summed E-state index contributed by atoms with van der Waals surface area (Å²) in [5.41, 5.74) is 2.92. The summed E-state index contributed by atoms with van der Waals surface area (Å²) in [7, 11) is -3.64. The molecule has 31 heavy (non-hydrogen) atoms. The Morgan fingerprint density at radius 3 is 2.26 bits per heavy atom. The van der Waals surface area contributed by atoms with Crippen LogP contribution in [-0.2, 0) is 19.6 Å². The molecule has 1 fully saturated rings. The predicted molar refractivity (Wildman–Crippen MR) is 122 cm³/mol. The molecule has 0 spiro atoms. The molecule has 0 unspecified atom stereocenters. The van der Waals surface area contributed by atoms with Crippen LogP contribution in [0.15, 0.2) is 47.4 Å². The number of amides is 2. The van der Waals surface area contributed by atoms with Crippen molar-refractivity contribution in [3.8, 4) is 0 Å². The van der Waals surface area contributed by atoms with E-state index in [0.717, 1.165) is 16.8 Å². The second-order valence-corrected chi connectivity index (χ2v) is 10.7. The third-order valence-corrected chi connectivity index (χ3v) is 6.94. The van der Waals surface area contributed by atoms with E-state index in [1.807, 2.05) is 32.0 Å². The van der Waals surface area contributed by atoms with Gasteiger partial charge in [-0.25, -0.2) is 13.1 Å². The van der Waals surface area contributed by atoms with Gasteiger partial charge in [0.25, 0.3) is 0 Å². The van der Waals surface area contributed by atoms with Crippen molar-refractivity contribution in [2.75, 3.05) is 16.8 Å². The van der Waals surface area contributed by atoms with Crippen molar-refractivity contribution in [2.24, 2.45) is 5.92 Å². The van der Waals surface area contributed by atoms with Crippen molar-refractivity contribution in [3.63, 3.8) is 0 Å². The molecule has 2 aromatic carbocycles. The molecule has 1 saturated heterocycles. The van der Waals surface area contributed by atoms with Crippen LogP contribution >= 0.6 is 0 Å². The molecule has 7 nitrogen and oxygen atoms in total. The van der Waals surface area contributed by atoms with Crippen LogP contribution in [-0.4, -0.2) is 32.3 Å². The van der Waals surface area contributed by atoms with Crippen molar-refractivity contribution < 1.29 is 18.0 Å². The molecule has 0 radical (unpaired) electrons. The van der Waals surface area contributed by atoms with E-state index in [-0.39, 0.29) is 23.1 Å². The number of hydrogen-bond acceptors (Lipinski definition) is 4. The first kappa shape index (κ1) is 23.0. The minimum absolute atomic E-state index is 0.0851. The van der Waals surface area contributed by atoms with Gasteiger partial charge in [-0.1, -0.05) is 6.07 Å². The van der Waals surface area contributed by atoms with Crippen LogP contribution in [0.2, 0.25) is 0 Å². The van der Waals surface area contributed by atoms with Crippen molar-refractivity contribution in [2.45, 2.75) is 51.5 Å². The molecule has 3 rings (SSSR count). The first-order valence-electron chi connectivity index (χ1n) is 10.2. The number of aryl methyl sites for hydroxylation is 2. The molecule has 1 heterocycles. The van der Waals surface area contributed by atoms with E-state index in [1.165, 1.54) is 12.1 Å². The molecular formula is C23H29N3O4S. The number of benzene rings is 2. The largest absolute Gasteiger partial charge is 0.326 e. The summed E-state index contributed by atoms with van der Waals surface area (Å²) in [6.07, 6.45) is 0.140. The Kier molecular flexibility index (Phi) is 6.25. The maximum atomic E-state index is 12.7. The van der Waals surface area contributed by atoms with E-state index in [0.29, 0.717) is 12.2 Å². The lowest BCUT2D eigenvalue weighted by Crippen LogP contribution is -2.40. The normalized spacial score (nSPS) is 17.1. The second-order valence-electron chi connectivity index (χ2n) is 9.04. The van der Waals surface area contributed by atoms with Gasteiger partial charge >= 0.3 is 0 Å². The highest BCUT2D eigenvalue weighted by Gasteiger charge is 2.35. The number of sulfonamides is 1. The SMILES string of the molecule is Cc1ccc(N2C[C@H](C(=O)Nc3ccc(S(=O)(=O)NC(C)(C)C)cc3)CC2=O)cc1C. The van der Waals surface area contributed by atoms with Gasteiger partial charge in [0.15, 0.2) is 0 Å². The Morgan fingerprint density at radius 1 is 1.03 bits per heavy atom. The molecule has 2 amide bonds. The molecule has 0 bridgehead atoms. The van der Waals surface area contributed by atoms with E-state index >= 15 is 0 Å². The van der Waals surface area contributed by atoms with Gasteiger partial charge in [0.1, 0.15) is 0 Å². The first-order chi connectivity index (χ1) is 14.4. The van der Waals surface area contributed by atoms with Gasteiger partial charge < -0.3 is 10.2 Å². The lowest BCUT2D eigenvalue weighted by molar-refractivity contribution is -0.122. The molecule has 1 aliphatic rings. The topological polar surface area (TPSA) is 95.6 Å². The number of rotatable bonds is 5. The number of hydrogen-bond donors (Lipinski definition) is 2. The number of nitrogens with one attached hydrogen (secondary N) is 2. The maximum Gasteiger partial charge on any atom is 0.241 e. The molecule has 8 heteroatoms. The third kappa shape index (κ3) is 5.51. The highest BCUT2D eigenvalue weighted by Crippen LogP contribution is 2.28. The van der Waals surface area contributed by atoms with E-state index in [4.69, 9.17) is 0 Å². The molecule has 0 aromatic heterocycles. The molecule has 2 N–H and O–H groups in total. The quantitative estimate of drug-likeness (QED) is 0.741. The van der Waals surface area contributed by atoms with Crippen molar-refractivity contribution in [3.05, 3.63) is 53.6 Å². The van der Waals surface area contributed by atoms with Crippen LogP contribution in [0.3, 0.4) is 0 Å². The Morgan fingerprint density at radius 2 is 1.68 bits per heavy atom. The Hall–Kier alpha value is -2.71. The van der Waals surface area contributed by atoms with E-state index in [9.17, 15) is 18.0 Å². The van der Waals surface area contributed by atoms with Crippen molar-refractivity contribution >= 4 is 33.2 Å². The van der Waals surface area contributed by atoms with Crippen molar-refractivity contribution in [1.29, 1.82) is 0 Å². The summed E-state index contributed by atoms with van der Waals surface area (Å²) in [4.78, 5) is 27.0. The van der Waals surface area contributed by atoms with Gasteiger partial charge in [-0.2, -0.15) is 0 Å². The van der Waals surface area contributed by atoms with Gasteiger partial charge in [0.05, 0.1) is 10.8 Å². The summed E-state index contributed by atoms with van der Waals surface area (Å²) >= 11 is 0. The van der Waals surface area contributed by atoms with E-state index < -0.39 is 21.5 Å². The highest BCUT2D eigenvalue weighted by molar-refractivity contribution is 7.89. The zero-order valence-electron chi connectivity index (χ0n) is 18.5. The fraction of sp³-hybridized carbons (Fsp3) is 0.391. The lowest BCUT2D eigenvalue weighted by atomic mass is 10.1. The molecule has 0 saturated carbocycles. The van der Waals surface area contributed by atoms with Crippen molar-refractivity contribution in [1.82, 2.24) is 4.72 Å². The monoisotopic (exact) mass is 443 g/mol. The zero-order chi connectivity index (χ0) is 23.0. The fourth-order valence-electron chi connectivity index (χ4n) is 3.45. The minimum atomic E-state index is -3.64. The Balaban J connectivity index is 1.67. The van der Waals surface area contributed by atoms with Crippen LogP contribution in [0, 0.1) is 19.8 Å². The number of carbonyl (C=O) groups excluding carboxylic acids is 2. The standard InChI is InChI=1S/C23H29N3O4S/c1-15-6-9-19(12-16(15)2)26-14-17(13-21(26)27)22(28)24-18-7-10-20(11-8-18)31(29,30)25-23(3,4)5/h6-12,17,25H,13-14H2,1-5H3,(H,24,28)/t17-/m1/s1. The summed E-state index contributed by atoms with van der Waals surface area (Å²) in [6, 6.07) is 11.8. The van der Waals surface area contributed by atoms with Gasteiger partial charge in [-0.15, -0.1) is 0 Å². The number of nitrogens with zero attached hydrogens (tertiary/aromatic N) is 1. The lowest BCUT2D eigenvalue weighted by Gasteiger charge is -2.20. The average Bonchev–Trinajstić information content (AvgIpc) is 3.04. The third-order valence-electron chi connectivity index (χ3n) is 5.17. The molecular weight excluding hydrogens is 414 g/mol. The van der Waals surface area contributed by atoms with Crippen LogP contribution < -0.4 is 14.9 Å². The highest BCUT2D eigenvalue weighted by atomic mass is 32.2. The van der Waals surface area contributed by atoms with Crippen LogP contribution in [0.4, 0.5) is 11.4 Å². The molecule has 166 valence electrons. The molecule has 1 atom stereocenters. The summed E-state index contributed by atoms with van der Waals surface area (Å²) < 4.78 is 27.4. The molecule has 2 aromatic rings. The number of anilines is 2. The van der Waals surface area contributed by atoms with Crippen LogP contribution in [0.5, 0.6) is 0 Å². The van der Waals surface area contributed by atoms with Crippen LogP contribution in [0.25, 0.3) is 0 Å². The van der Waals surface area contributed by atoms with Crippen LogP contribution in [0.1, 0.15) is 38.3 Å². The smallest absolute Gasteiger partial charge is 0.241 e. The van der Waals surface area contributed by atoms with Gasteiger partial charge in [0, 0.05) is 29.9 Å². The second kappa shape index (κ2) is 8.43. The average molecular weight is 444 g/mol. The minimum Gasteiger partial charge on any atom is -0.326 e. The summed E-state index contributed by atoms with van der Waals surface area (Å²) in [5, 5.41) is 2.79. The number of carbonyl (C=O) groups is 2. The predicted octanol–water partition coefficient (Wildman–Crippen LogP) is 3.37. The summed E-state index contributed by atoms with van der Waals surface area (Å²) in [5.74, 6) is -0.818. The van der Waals surface area contributed by atoms with Gasteiger partial charge in [-0.05, 0) is 82.1 Å². The maximum absolute atomic E-state index is 12.7. The van der Waals surface area contributed by atoms with E-state index in [1.54, 1.807) is 37.8 Å².